The predicted octanol–water partition coefficient (Wildman–Crippen LogP) is 1.77. The maximum Gasteiger partial charge on any atom is 0.314 e. The third kappa shape index (κ3) is 3.11. The lowest BCUT2D eigenvalue weighted by atomic mass is 9.94. The van der Waals surface area contributed by atoms with E-state index in [9.17, 15) is 9.59 Å². The number of nitrogens with zero attached hydrogens (tertiary/aromatic N) is 2. The highest BCUT2D eigenvalue weighted by atomic mass is 16.5. The zero-order valence-electron chi connectivity index (χ0n) is 13.5. The summed E-state index contributed by atoms with van der Waals surface area (Å²) in [5.74, 6) is 0.752. The average Bonchev–Trinajstić information content (AvgIpc) is 2.60. The molecule has 2 N–H and O–H groups in total. The molecular formula is C17H23N3O3. The Kier molecular flexibility index (Phi) is 4.41. The van der Waals surface area contributed by atoms with E-state index in [4.69, 9.17) is 10.5 Å². The van der Waals surface area contributed by atoms with Crippen molar-refractivity contribution in [3.05, 3.63) is 23.8 Å². The van der Waals surface area contributed by atoms with Gasteiger partial charge in [-0.3, -0.25) is 4.79 Å². The predicted molar refractivity (Wildman–Crippen MR) is 87.5 cm³/mol. The number of piperidine rings is 1. The molecule has 2 aliphatic rings. The first-order valence-corrected chi connectivity index (χ1v) is 8.13. The maximum atomic E-state index is 13.0. The van der Waals surface area contributed by atoms with Gasteiger partial charge in [-0.15, -0.1) is 0 Å². The highest BCUT2D eigenvalue weighted by molar-refractivity contribution is 5.96. The van der Waals surface area contributed by atoms with Crippen molar-refractivity contribution in [3.63, 3.8) is 0 Å². The number of rotatable bonds is 2. The molecule has 6 heteroatoms. The fourth-order valence-corrected chi connectivity index (χ4v) is 3.53. The number of likely N-dealkylation sites (tertiary alicyclic amines) is 1. The summed E-state index contributed by atoms with van der Waals surface area (Å²) in [6.45, 7) is 1.80. The highest BCUT2D eigenvalue weighted by Crippen LogP contribution is 2.32. The average molecular weight is 317 g/mol. The summed E-state index contributed by atoms with van der Waals surface area (Å²) in [4.78, 5) is 27.8. The number of hydrogen-bond donors (Lipinski definition) is 1. The Bertz CT molecular complexity index is 617. The molecule has 0 bridgehead atoms. The van der Waals surface area contributed by atoms with Crippen LogP contribution >= 0.6 is 0 Å². The van der Waals surface area contributed by atoms with Crippen molar-refractivity contribution >= 4 is 17.6 Å². The van der Waals surface area contributed by atoms with Gasteiger partial charge in [0, 0.05) is 25.3 Å². The summed E-state index contributed by atoms with van der Waals surface area (Å²) >= 11 is 0. The van der Waals surface area contributed by atoms with Gasteiger partial charge in [-0.2, -0.15) is 0 Å². The van der Waals surface area contributed by atoms with Gasteiger partial charge < -0.3 is 20.3 Å². The van der Waals surface area contributed by atoms with E-state index < -0.39 is 6.03 Å². The minimum atomic E-state index is -0.439. The van der Waals surface area contributed by atoms with E-state index in [-0.39, 0.29) is 11.8 Å². The molecule has 6 nitrogen and oxygen atoms in total. The molecule has 23 heavy (non-hydrogen) atoms. The summed E-state index contributed by atoms with van der Waals surface area (Å²) in [6.07, 6.45) is 3.53. The molecule has 0 aliphatic carbocycles. The second-order valence-corrected chi connectivity index (χ2v) is 6.21. The molecule has 124 valence electrons. The number of anilines is 1. The number of primary amides is 1. The maximum absolute atomic E-state index is 13.0. The minimum Gasteiger partial charge on any atom is -0.497 e. The van der Waals surface area contributed by atoms with Crippen molar-refractivity contribution < 1.29 is 14.3 Å². The zero-order chi connectivity index (χ0) is 16.4. The van der Waals surface area contributed by atoms with Gasteiger partial charge in [-0.1, -0.05) is 0 Å². The molecule has 2 heterocycles. The van der Waals surface area contributed by atoms with Gasteiger partial charge in [0.25, 0.3) is 0 Å². The topological polar surface area (TPSA) is 75.9 Å². The van der Waals surface area contributed by atoms with Crippen LogP contribution in [0.3, 0.4) is 0 Å². The Morgan fingerprint density at radius 1 is 1.26 bits per heavy atom. The molecule has 0 unspecified atom stereocenters. The molecule has 1 aromatic carbocycles. The molecule has 0 radical (unpaired) electrons. The number of hydrogen-bond acceptors (Lipinski definition) is 3. The number of methoxy groups -OCH3 is 1. The fraction of sp³-hybridized carbons (Fsp3) is 0.529. The van der Waals surface area contributed by atoms with Crippen LogP contribution in [-0.4, -0.2) is 43.6 Å². The molecule has 0 aromatic heterocycles. The minimum absolute atomic E-state index is 0.0991. The number of carbonyl (C=O) groups is 2. The standard InChI is InChI=1S/C17H23N3O3/c1-23-14-6-7-15-12(10-14)4-3-9-20(15)16(21)13-5-2-8-19(11-13)17(18)22/h6-7,10,13H,2-5,8-9,11H2,1H3,(H2,18,22)/t13-/m0/s1. The molecule has 3 amide bonds. The fourth-order valence-electron chi connectivity index (χ4n) is 3.53. The van der Waals surface area contributed by atoms with E-state index in [0.717, 1.165) is 49.2 Å². The van der Waals surface area contributed by atoms with E-state index in [0.29, 0.717) is 13.1 Å². The van der Waals surface area contributed by atoms with Crippen LogP contribution in [0, 0.1) is 5.92 Å². The van der Waals surface area contributed by atoms with Crippen LogP contribution in [-0.2, 0) is 11.2 Å². The van der Waals surface area contributed by atoms with Crippen LogP contribution in [0.2, 0.25) is 0 Å². The van der Waals surface area contributed by atoms with Gasteiger partial charge in [0.1, 0.15) is 5.75 Å². The first-order chi connectivity index (χ1) is 11.1. The van der Waals surface area contributed by atoms with Crippen LogP contribution in [0.5, 0.6) is 5.75 Å². The molecule has 1 fully saturated rings. The van der Waals surface area contributed by atoms with E-state index in [1.807, 2.05) is 23.1 Å². The summed E-state index contributed by atoms with van der Waals surface area (Å²) < 4.78 is 5.27. The van der Waals surface area contributed by atoms with Gasteiger partial charge in [0.15, 0.2) is 0 Å². The summed E-state index contributed by atoms with van der Waals surface area (Å²) in [6, 6.07) is 5.41. The Hall–Kier alpha value is -2.24. The third-order valence-corrected chi connectivity index (χ3v) is 4.75. The molecular weight excluding hydrogens is 294 g/mol. The van der Waals surface area contributed by atoms with Gasteiger partial charge in [0.2, 0.25) is 5.91 Å². The first-order valence-electron chi connectivity index (χ1n) is 8.13. The Labute approximate surface area is 136 Å². The number of carbonyl (C=O) groups excluding carboxylic acids is 2. The molecule has 3 rings (SSSR count). The number of ether oxygens (including phenoxy) is 1. The number of urea groups is 1. The van der Waals surface area contributed by atoms with E-state index in [2.05, 4.69) is 0 Å². The number of aryl methyl sites for hydroxylation is 1. The van der Waals surface area contributed by atoms with E-state index in [1.165, 1.54) is 0 Å². The monoisotopic (exact) mass is 317 g/mol. The molecule has 0 saturated carbocycles. The van der Waals surface area contributed by atoms with Crippen LogP contribution < -0.4 is 15.4 Å². The van der Waals surface area contributed by atoms with Gasteiger partial charge in [-0.25, -0.2) is 4.79 Å². The van der Waals surface area contributed by atoms with Crippen molar-refractivity contribution in [1.29, 1.82) is 0 Å². The van der Waals surface area contributed by atoms with Crippen LogP contribution in [0.1, 0.15) is 24.8 Å². The lowest BCUT2D eigenvalue weighted by Crippen LogP contribution is -2.49. The number of amides is 3. The summed E-state index contributed by atoms with van der Waals surface area (Å²) in [7, 11) is 1.65. The number of benzene rings is 1. The van der Waals surface area contributed by atoms with Crippen molar-refractivity contribution in [2.45, 2.75) is 25.7 Å². The second kappa shape index (κ2) is 6.48. The van der Waals surface area contributed by atoms with Crippen molar-refractivity contribution in [1.82, 2.24) is 4.90 Å². The lowest BCUT2D eigenvalue weighted by molar-refractivity contribution is -0.123. The molecule has 1 atom stereocenters. The second-order valence-electron chi connectivity index (χ2n) is 6.21. The summed E-state index contributed by atoms with van der Waals surface area (Å²) in [5.41, 5.74) is 7.48. The van der Waals surface area contributed by atoms with Crippen LogP contribution in [0.15, 0.2) is 18.2 Å². The van der Waals surface area contributed by atoms with Crippen molar-refractivity contribution in [2.24, 2.45) is 11.7 Å². The summed E-state index contributed by atoms with van der Waals surface area (Å²) in [5, 5.41) is 0. The Morgan fingerprint density at radius 2 is 2.09 bits per heavy atom. The highest BCUT2D eigenvalue weighted by Gasteiger charge is 2.32. The molecule has 1 aromatic rings. The number of nitrogens with two attached hydrogens (primary N) is 1. The van der Waals surface area contributed by atoms with Crippen molar-refractivity contribution in [2.75, 3.05) is 31.6 Å². The lowest BCUT2D eigenvalue weighted by Gasteiger charge is -2.36. The SMILES string of the molecule is COc1ccc2c(c1)CCCN2C(=O)[C@H]1CCCN(C(N)=O)C1. The van der Waals surface area contributed by atoms with Gasteiger partial charge in [0.05, 0.1) is 13.0 Å². The Morgan fingerprint density at radius 3 is 2.83 bits per heavy atom. The van der Waals surface area contributed by atoms with Gasteiger partial charge in [-0.05, 0) is 49.4 Å². The molecule has 1 saturated heterocycles. The van der Waals surface area contributed by atoms with Crippen molar-refractivity contribution in [3.8, 4) is 5.75 Å². The van der Waals surface area contributed by atoms with E-state index >= 15 is 0 Å². The van der Waals surface area contributed by atoms with Crippen LogP contribution in [0.25, 0.3) is 0 Å². The van der Waals surface area contributed by atoms with E-state index in [1.54, 1.807) is 12.0 Å². The first kappa shape index (κ1) is 15.6. The van der Waals surface area contributed by atoms with Crippen LogP contribution in [0.4, 0.5) is 10.5 Å². The largest absolute Gasteiger partial charge is 0.497 e. The van der Waals surface area contributed by atoms with Gasteiger partial charge >= 0.3 is 6.03 Å². The normalized spacial score (nSPS) is 20.8. The zero-order valence-corrected chi connectivity index (χ0v) is 13.5. The molecule has 2 aliphatic heterocycles. The molecule has 0 spiro atoms. The number of fused-ring (bicyclic) bond motifs is 1. The smallest absolute Gasteiger partial charge is 0.314 e. The third-order valence-electron chi connectivity index (χ3n) is 4.75. The quantitative estimate of drug-likeness (QED) is 0.903. The Balaban J connectivity index is 1.80.